The molecule has 2 N–H and O–H groups in total. The number of carbonyl (C=O) groups is 1. The van der Waals surface area contributed by atoms with Gasteiger partial charge in [0.15, 0.2) is 0 Å². The van der Waals surface area contributed by atoms with Crippen molar-refractivity contribution >= 4 is 5.91 Å². The zero-order chi connectivity index (χ0) is 12.4. The summed E-state index contributed by atoms with van der Waals surface area (Å²) in [6, 6.07) is 8.37. The molecule has 18 heavy (non-hydrogen) atoms. The van der Waals surface area contributed by atoms with Crippen LogP contribution in [-0.4, -0.2) is 31.2 Å². The fourth-order valence-corrected chi connectivity index (χ4v) is 2.59. The topological polar surface area (TPSA) is 50.4 Å². The van der Waals surface area contributed by atoms with Crippen LogP contribution in [0.3, 0.4) is 0 Å². The monoisotopic (exact) mass is 246 g/mol. The van der Waals surface area contributed by atoms with Gasteiger partial charge in [0.1, 0.15) is 0 Å². The molecule has 2 aliphatic heterocycles. The summed E-state index contributed by atoms with van der Waals surface area (Å²) in [6.45, 7) is 2.18. The molecule has 0 radical (unpaired) electrons. The molecule has 96 valence electrons. The molecule has 2 aliphatic rings. The van der Waals surface area contributed by atoms with Crippen molar-refractivity contribution in [1.29, 1.82) is 0 Å². The third-order valence-corrected chi connectivity index (χ3v) is 3.67. The Bertz CT molecular complexity index is 441. The molecule has 2 atom stereocenters. The van der Waals surface area contributed by atoms with E-state index in [0.29, 0.717) is 6.61 Å². The Labute approximate surface area is 107 Å². The average Bonchev–Trinajstić information content (AvgIpc) is 2.91. The van der Waals surface area contributed by atoms with Gasteiger partial charge in [0.05, 0.1) is 18.7 Å². The molecular formula is C14H18N2O2. The first-order valence-corrected chi connectivity index (χ1v) is 6.51. The number of carbonyl (C=O) groups excluding carboxylic acids is 1. The average molecular weight is 246 g/mol. The molecule has 0 aliphatic carbocycles. The summed E-state index contributed by atoms with van der Waals surface area (Å²) in [4.78, 5) is 12.1. The zero-order valence-corrected chi connectivity index (χ0v) is 10.3. The maximum Gasteiger partial charge on any atom is 0.237 e. The van der Waals surface area contributed by atoms with Crippen LogP contribution in [0.2, 0.25) is 0 Å². The summed E-state index contributed by atoms with van der Waals surface area (Å²) in [5.41, 5.74) is 2.57. The Morgan fingerprint density at radius 1 is 1.33 bits per heavy atom. The standard InChI is InChI=1S/C14H18N2O2/c17-14(16-12-5-6-18-9-12)13-7-10-3-1-2-4-11(10)8-15-13/h1-4,12-13,15H,5-9H2,(H,16,17)/t12?,13-/m1/s1. The van der Waals surface area contributed by atoms with Crippen molar-refractivity contribution in [2.45, 2.75) is 31.5 Å². The molecule has 2 heterocycles. The van der Waals surface area contributed by atoms with Gasteiger partial charge < -0.3 is 15.4 Å². The van der Waals surface area contributed by atoms with Crippen LogP contribution in [0.15, 0.2) is 24.3 Å². The Hall–Kier alpha value is -1.39. The first kappa shape index (κ1) is 11.7. The van der Waals surface area contributed by atoms with Crippen molar-refractivity contribution in [2.75, 3.05) is 13.2 Å². The molecule has 0 bridgehead atoms. The lowest BCUT2D eigenvalue weighted by atomic mass is 9.95. The summed E-state index contributed by atoms with van der Waals surface area (Å²) in [6.07, 6.45) is 1.70. The van der Waals surface area contributed by atoms with Gasteiger partial charge >= 0.3 is 0 Å². The second kappa shape index (κ2) is 5.08. The van der Waals surface area contributed by atoms with Crippen LogP contribution in [0, 0.1) is 0 Å². The maximum absolute atomic E-state index is 12.1. The lowest BCUT2D eigenvalue weighted by Gasteiger charge is -2.26. The fourth-order valence-electron chi connectivity index (χ4n) is 2.59. The molecular weight excluding hydrogens is 228 g/mol. The van der Waals surface area contributed by atoms with Gasteiger partial charge in [0.25, 0.3) is 0 Å². The van der Waals surface area contributed by atoms with E-state index in [4.69, 9.17) is 4.74 Å². The Morgan fingerprint density at radius 3 is 2.94 bits per heavy atom. The number of nitrogens with one attached hydrogen (secondary N) is 2. The van der Waals surface area contributed by atoms with E-state index in [1.165, 1.54) is 11.1 Å². The van der Waals surface area contributed by atoms with E-state index in [1.807, 2.05) is 12.1 Å². The summed E-state index contributed by atoms with van der Waals surface area (Å²) < 4.78 is 5.27. The lowest BCUT2D eigenvalue weighted by molar-refractivity contribution is -0.124. The molecule has 0 spiro atoms. The zero-order valence-electron chi connectivity index (χ0n) is 10.3. The largest absolute Gasteiger partial charge is 0.379 e. The van der Waals surface area contributed by atoms with E-state index in [-0.39, 0.29) is 18.0 Å². The molecule has 1 unspecified atom stereocenters. The van der Waals surface area contributed by atoms with Gasteiger partial charge in [-0.15, -0.1) is 0 Å². The Balaban J connectivity index is 1.62. The summed E-state index contributed by atoms with van der Waals surface area (Å²) in [5, 5.41) is 6.35. The van der Waals surface area contributed by atoms with Gasteiger partial charge in [0, 0.05) is 13.2 Å². The van der Waals surface area contributed by atoms with Gasteiger partial charge in [-0.05, 0) is 24.0 Å². The van der Waals surface area contributed by atoms with Crippen molar-refractivity contribution in [3.05, 3.63) is 35.4 Å². The first-order valence-electron chi connectivity index (χ1n) is 6.51. The van der Waals surface area contributed by atoms with E-state index in [9.17, 15) is 4.79 Å². The SMILES string of the molecule is O=C(NC1CCOC1)[C@H]1Cc2ccccc2CN1. The Kier molecular flexibility index (Phi) is 3.30. The molecule has 1 amide bonds. The highest BCUT2D eigenvalue weighted by atomic mass is 16.5. The van der Waals surface area contributed by atoms with Crippen molar-refractivity contribution < 1.29 is 9.53 Å². The molecule has 1 aromatic rings. The van der Waals surface area contributed by atoms with Gasteiger partial charge in [-0.2, -0.15) is 0 Å². The van der Waals surface area contributed by atoms with Gasteiger partial charge in [0.2, 0.25) is 5.91 Å². The van der Waals surface area contributed by atoms with Gasteiger partial charge in [-0.3, -0.25) is 4.79 Å². The first-order chi connectivity index (χ1) is 8.83. The number of amides is 1. The third kappa shape index (κ3) is 2.40. The van der Waals surface area contributed by atoms with Crippen molar-refractivity contribution in [1.82, 2.24) is 10.6 Å². The van der Waals surface area contributed by atoms with Crippen LogP contribution in [-0.2, 0) is 22.5 Å². The molecule has 1 aromatic carbocycles. The van der Waals surface area contributed by atoms with E-state index in [1.54, 1.807) is 0 Å². The Morgan fingerprint density at radius 2 is 2.17 bits per heavy atom. The maximum atomic E-state index is 12.1. The number of ether oxygens (including phenoxy) is 1. The molecule has 4 heteroatoms. The van der Waals surface area contributed by atoms with Crippen LogP contribution in [0.4, 0.5) is 0 Å². The second-order valence-electron chi connectivity index (χ2n) is 4.98. The highest BCUT2D eigenvalue weighted by molar-refractivity contribution is 5.82. The van der Waals surface area contributed by atoms with Gasteiger partial charge in [-0.25, -0.2) is 0 Å². The van der Waals surface area contributed by atoms with Crippen molar-refractivity contribution in [3.8, 4) is 0 Å². The van der Waals surface area contributed by atoms with E-state index in [0.717, 1.165) is 26.0 Å². The fraction of sp³-hybridized carbons (Fsp3) is 0.500. The molecule has 0 saturated carbocycles. The van der Waals surface area contributed by atoms with Gasteiger partial charge in [-0.1, -0.05) is 24.3 Å². The highest BCUT2D eigenvalue weighted by Gasteiger charge is 2.26. The second-order valence-corrected chi connectivity index (χ2v) is 4.98. The van der Waals surface area contributed by atoms with Crippen LogP contribution < -0.4 is 10.6 Å². The highest BCUT2D eigenvalue weighted by Crippen LogP contribution is 2.16. The number of benzene rings is 1. The predicted octanol–water partition coefficient (Wildman–Crippen LogP) is 0.606. The lowest BCUT2D eigenvalue weighted by Crippen LogP contribution is -2.50. The molecule has 1 fully saturated rings. The molecule has 1 saturated heterocycles. The number of hydrogen-bond donors (Lipinski definition) is 2. The third-order valence-electron chi connectivity index (χ3n) is 3.67. The number of hydrogen-bond acceptors (Lipinski definition) is 3. The molecule has 0 aromatic heterocycles. The van der Waals surface area contributed by atoms with Crippen LogP contribution in [0.25, 0.3) is 0 Å². The van der Waals surface area contributed by atoms with Crippen LogP contribution in [0.1, 0.15) is 17.5 Å². The minimum atomic E-state index is -0.111. The quantitative estimate of drug-likeness (QED) is 0.803. The summed E-state index contributed by atoms with van der Waals surface area (Å²) in [5.74, 6) is 0.0972. The van der Waals surface area contributed by atoms with E-state index in [2.05, 4.69) is 22.8 Å². The number of fused-ring (bicyclic) bond motifs is 1. The van der Waals surface area contributed by atoms with E-state index >= 15 is 0 Å². The summed E-state index contributed by atoms with van der Waals surface area (Å²) in [7, 11) is 0. The van der Waals surface area contributed by atoms with Crippen molar-refractivity contribution in [3.63, 3.8) is 0 Å². The smallest absolute Gasteiger partial charge is 0.237 e. The predicted molar refractivity (Wildman–Crippen MR) is 68.1 cm³/mol. The van der Waals surface area contributed by atoms with Crippen molar-refractivity contribution in [2.24, 2.45) is 0 Å². The number of rotatable bonds is 2. The molecule has 4 nitrogen and oxygen atoms in total. The molecule has 3 rings (SSSR count). The normalized spacial score (nSPS) is 26.7. The van der Waals surface area contributed by atoms with Crippen LogP contribution in [0.5, 0.6) is 0 Å². The summed E-state index contributed by atoms with van der Waals surface area (Å²) >= 11 is 0. The van der Waals surface area contributed by atoms with E-state index < -0.39 is 0 Å². The minimum Gasteiger partial charge on any atom is -0.379 e. The minimum absolute atomic E-state index is 0.0972. The van der Waals surface area contributed by atoms with Crippen LogP contribution >= 0.6 is 0 Å².